The van der Waals surface area contributed by atoms with E-state index in [9.17, 15) is 14.7 Å². The van der Waals surface area contributed by atoms with E-state index < -0.39 is 23.7 Å². The number of hydrogen-bond donors (Lipinski definition) is 1. The SMILES string of the molecule is CC(C)(C)OC(=O)N1C[C@H](OCC2CC2)C[C@H]1C(=O)O. The van der Waals surface area contributed by atoms with Gasteiger partial charge in [0.1, 0.15) is 11.6 Å². The Hall–Kier alpha value is -1.30. The molecule has 1 aliphatic heterocycles. The van der Waals surface area contributed by atoms with Crippen LogP contribution >= 0.6 is 0 Å². The zero-order valence-corrected chi connectivity index (χ0v) is 12.3. The van der Waals surface area contributed by atoms with Crippen LogP contribution in [0.25, 0.3) is 0 Å². The molecular weight excluding hydrogens is 262 g/mol. The van der Waals surface area contributed by atoms with Crippen molar-refractivity contribution in [2.24, 2.45) is 5.92 Å². The maximum absolute atomic E-state index is 12.1. The molecule has 0 aromatic carbocycles. The Morgan fingerprint density at radius 2 is 1.95 bits per heavy atom. The third-order valence-corrected chi connectivity index (χ3v) is 3.44. The molecule has 1 saturated carbocycles. The maximum Gasteiger partial charge on any atom is 0.411 e. The first-order valence-electron chi connectivity index (χ1n) is 7.10. The molecule has 2 rings (SSSR count). The van der Waals surface area contributed by atoms with Crippen molar-refractivity contribution in [1.82, 2.24) is 4.90 Å². The highest BCUT2D eigenvalue weighted by Crippen LogP contribution is 2.31. The Bertz CT molecular complexity index is 386. The van der Waals surface area contributed by atoms with Crippen LogP contribution in [0.1, 0.15) is 40.0 Å². The molecule has 2 fully saturated rings. The minimum absolute atomic E-state index is 0.204. The summed E-state index contributed by atoms with van der Waals surface area (Å²) in [7, 11) is 0. The van der Waals surface area contributed by atoms with E-state index in [1.54, 1.807) is 20.8 Å². The van der Waals surface area contributed by atoms with Crippen molar-refractivity contribution in [3.8, 4) is 0 Å². The first kappa shape index (κ1) is 15.1. The van der Waals surface area contributed by atoms with Crippen LogP contribution in [0.5, 0.6) is 0 Å². The zero-order chi connectivity index (χ0) is 14.9. The van der Waals surface area contributed by atoms with E-state index in [0.717, 1.165) is 0 Å². The lowest BCUT2D eigenvalue weighted by molar-refractivity contribution is -0.142. The minimum atomic E-state index is -1.01. The van der Waals surface area contributed by atoms with Crippen LogP contribution in [0.2, 0.25) is 0 Å². The van der Waals surface area contributed by atoms with Gasteiger partial charge in [-0.25, -0.2) is 9.59 Å². The number of carbonyl (C=O) groups is 2. The lowest BCUT2D eigenvalue weighted by atomic mass is 10.2. The first-order valence-corrected chi connectivity index (χ1v) is 7.10. The molecule has 0 bridgehead atoms. The fraction of sp³-hybridized carbons (Fsp3) is 0.857. The van der Waals surface area contributed by atoms with Crippen LogP contribution in [0.3, 0.4) is 0 Å². The molecule has 0 unspecified atom stereocenters. The summed E-state index contributed by atoms with van der Waals surface area (Å²) in [4.78, 5) is 24.6. The highest BCUT2D eigenvalue weighted by molar-refractivity contribution is 5.81. The smallest absolute Gasteiger partial charge is 0.411 e. The van der Waals surface area contributed by atoms with Gasteiger partial charge in [0, 0.05) is 13.0 Å². The second-order valence-corrected chi connectivity index (χ2v) is 6.62. The average Bonchev–Trinajstić information content (AvgIpc) is 3.02. The number of rotatable bonds is 4. The third kappa shape index (κ3) is 4.10. The van der Waals surface area contributed by atoms with Crippen molar-refractivity contribution in [3.63, 3.8) is 0 Å². The molecule has 2 aliphatic rings. The van der Waals surface area contributed by atoms with E-state index in [4.69, 9.17) is 9.47 Å². The number of likely N-dealkylation sites (tertiary alicyclic amines) is 1. The number of carbonyl (C=O) groups excluding carboxylic acids is 1. The Morgan fingerprint density at radius 1 is 1.30 bits per heavy atom. The fourth-order valence-electron chi connectivity index (χ4n) is 2.23. The van der Waals surface area contributed by atoms with Gasteiger partial charge in [-0.15, -0.1) is 0 Å². The lowest BCUT2D eigenvalue weighted by Gasteiger charge is -2.26. The number of carboxylic acid groups (broad SMARTS) is 1. The van der Waals surface area contributed by atoms with Crippen molar-refractivity contribution < 1.29 is 24.2 Å². The molecule has 1 saturated heterocycles. The molecule has 6 nitrogen and oxygen atoms in total. The van der Waals surface area contributed by atoms with Crippen LogP contribution in [0.4, 0.5) is 4.79 Å². The van der Waals surface area contributed by atoms with Crippen molar-refractivity contribution in [3.05, 3.63) is 0 Å². The van der Waals surface area contributed by atoms with Crippen LogP contribution in [0.15, 0.2) is 0 Å². The van der Waals surface area contributed by atoms with Crippen LogP contribution in [-0.2, 0) is 14.3 Å². The monoisotopic (exact) mass is 285 g/mol. The molecule has 1 heterocycles. The third-order valence-electron chi connectivity index (χ3n) is 3.44. The Balaban J connectivity index is 1.93. The Morgan fingerprint density at radius 3 is 2.45 bits per heavy atom. The second kappa shape index (κ2) is 5.60. The van der Waals surface area contributed by atoms with Gasteiger partial charge in [0.15, 0.2) is 0 Å². The summed E-state index contributed by atoms with van der Waals surface area (Å²) in [5.74, 6) is -0.387. The molecule has 6 heteroatoms. The minimum Gasteiger partial charge on any atom is -0.480 e. The Labute approximate surface area is 119 Å². The summed E-state index contributed by atoms with van der Waals surface area (Å²) in [5.41, 5.74) is -0.632. The van der Waals surface area contributed by atoms with E-state index in [1.807, 2.05) is 0 Å². The van der Waals surface area contributed by atoms with E-state index in [0.29, 0.717) is 25.5 Å². The van der Waals surface area contributed by atoms with Gasteiger partial charge in [-0.2, -0.15) is 0 Å². The van der Waals surface area contributed by atoms with E-state index in [2.05, 4.69) is 0 Å². The molecule has 2 atom stereocenters. The highest BCUT2D eigenvalue weighted by Gasteiger charge is 2.42. The molecular formula is C14H23NO5. The topological polar surface area (TPSA) is 76.1 Å². The van der Waals surface area contributed by atoms with E-state index >= 15 is 0 Å². The second-order valence-electron chi connectivity index (χ2n) is 6.62. The summed E-state index contributed by atoms with van der Waals surface area (Å²) in [6, 6.07) is -0.853. The number of amides is 1. The molecule has 0 aromatic heterocycles. The normalized spacial score (nSPS) is 26.6. The predicted molar refractivity (Wildman–Crippen MR) is 71.4 cm³/mol. The summed E-state index contributed by atoms with van der Waals surface area (Å²) >= 11 is 0. The molecule has 0 spiro atoms. The van der Waals surface area contributed by atoms with Gasteiger partial charge in [-0.05, 0) is 39.5 Å². The summed E-state index contributed by atoms with van der Waals surface area (Å²) < 4.78 is 11.0. The standard InChI is InChI=1S/C14H23NO5/c1-14(2,3)20-13(18)15-7-10(6-11(15)12(16)17)19-8-9-4-5-9/h9-11H,4-8H2,1-3H3,(H,16,17)/t10-,11+/m1/s1. The quantitative estimate of drug-likeness (QED) is 0.853. The predicted octanol–water partition coefficient (Wildman–Crippen LogP) is 1.88. The molecule has 1 aliphatic carbocycles. The van der Waals surface area contributed by atoms with Crippen LogP contribution in [-0.4, -0.2) is 53.0 Å². The van der Waals surface area contributed by atoms with Crippen molar-refractivity contribution in [1.29, 1.82) is 0 Å². The molecule has 0 aromatic rings. The number of hydrogen-bond acceptors (Lipinski definition) is 4. The van der Waals surface area contributed by atoms with Gasteiger partial charge in [0.25, 0.3) is 0 Å². The number of nitrogens with zero attached hydrogens (tertiary/aromatic N) is 1. The highest BCUT2D eigenvalue weighted by atomic mass is 16.6. The van der Waals surface area contributed by atoms with Crippen molar-refractivity contribution in [2.75, 3.05) is 13.2 Å². The van der Waals surface area contributed by atoms with Gasteiger partial charge >= 0.3 is 12.1 Å². The first-order chi connectivity index (χ1) is 9.26. The lowest BCUT2D eigenvalue weighted by Crippen LogP contribution is -2.43. The number of carboxylic acids is 1. The van der Waals surface area contributed by atoms with Gasteiger partial charge in [-0.3, -0.25) is 4.90 Å². The largest absolute Gasteiger partial charge is 0.480 e. The molecule has 0 radical (unpaired) electrons. The molecule has 1 amide bonds. The number of aliphatic carboxylic acids is 1. The van der Waals surface area contributed by atoms with Crippen molar-refractivity contribution >= 4 is 12.1 Å². The molecule has 1 N–H and O–H groups in total. The van der Waals surface area contributed by atoms with Gasteiger partial charge in [0.05, 0.1) is 12.6 Å². The van der Waals surface area contributed by atoms with Gasteiger partial charge < -0.3 is 14.6 Å². The average molecular weight is 285 g/mol. The Kier molecular flexibility index (Phi) is 4.22. The van der Waals surface area contributed by atoms with Gasteiger partial charge in [0.2, 0.25) is 0 Å². The zero-order valence-electron chi connectivity index (χ0n) is 12.3. The van der Waals surface area contributed by atoms with E-state index in [1.165, 1.54) is 17.7 Å². The summed E-state index contributed by atoms with van der Waals surface area (Å²) in [6.07, 6.45) is 1.92. The molecule has 114 valence electrons. The van der Waals surface area contributed by atoms with Gasteiger partial charge in [-0.1, -0.05) is 0 Å². The van der Waals surface area contributed by atoms with Crippen LogP contribution in [0, 0.1) is 5.92 Å². The van der Waals surface area contributed by atoms with Crippen LogP contribution < -0.4 is 0 Å². The number of ether oxygens (including phenoxy) is 2. The summed E-state index contributed by atoms with van der Waals surface area (Å²) in [6.45, 7) is 6.24. The molecule has 20 heavy (non-hydrogen) atoms. The maximum atomic E-state index is 12.1. The summed E-state index contributed by atoms with van der Waals surface area (Å²) in [5, 5.41) is 9.23. The fourth-order valence-corrected chi connectivity index (χ4v) is 2.23. The van der Waals surface area contributed by atoms with Crippen molar-refractivity contribution in [2.45, 2.75) is 57.8 Å². The van der Waals surface area contributed by atoms with E-state index in [-0.39, 0.29) is 6.10 Å².